The van der Waals surface area contributed by atoms with Gasteiger partial charge < -0.3 is 19.6 Å². The molecule has 0 unspecified atom stereocenters. The molecular formula is C25H28ClFN4O4S. The summed E-state index contributed by atoms with van der Waals surface area (Å²) >= 11 is 7.83. The molecule has 4 rings (SSSR count). The number of Topliss-reactive ketones (excluding diaryl/α,β-unsaturated/α-hetero) is 1. The topological polar surface area (TPSA) is 93.1 Å². The van der Waals surface area contributed by atoms with Gasteiger partial charge in [-0.1, -0.05) is 17.7 Å². The number of benzene rings is 1. The Hall–Kier alpha value is -2.66. The number of carbonyl (C=O) groups is 2. The number of hydrogen-bond donors (Lipinski definition) is 1. The summed E-state index contributed by atoms with van der Waals surface area (Å²) in [7, 11) is 1.31. The largest absolute Gasteiger partial charge is 0.466 e. The van der Waals surface area contributed by atoms with E-state index < -0.39 is 17.8 Å². The zero-order chi connectivity index (χ0) is 25.8. The van der Waals surface area contributed by atoms with Crippen molar-refractivity contribution in [2.75, 3.05) is 26.8 Å². The van der Waals surface area contributed by atoms with Crippen LogP contribution in [0.4, 0.5) is 4.39 Å². The maximum absolute atomic E-state index is 13.8. The second-order valence-electron chi connectivity index (χ2n) is 8.75. The van der Waals surface area contributed by atoms with Gasteiger partial charge in [0.2, 0.25) is 0 Å². The molecule has 2 aromatic rings. The van der Waals surface area contributed by atoms with E-state index >= 15 is 0 Å². The number of esters is 1. The highest BCUT2D eigenvalue weighted by atomic mass is 35.5. The minimum atomic E-state index is -0.824. The van der Waals surface area contributed by atoms with E-state index in [1.807, 2.05) is 12.3 Å². The number of nitrogens with one attached hydrogen (secondary N) is 1. The first-order chi connectivity index (χ1) is 17.3. The Bertz CT molecular complexity index is 1190. The van der Waals surface area contributed by atoms with E-state index in [1.165, 1.54) is 36.6 Å². The fraction of sp³-hybridized carbons (Fsp3) is 0.440. The molecule has 0 saturated carbocycles. The number of amidine groups is 1. The SMILES string of the molecule is COC(=O)C1=C(CN2CCO[C@H](C)[C@H]2CCC(C)=O)NC(c2nccs2)=N[C@H]1c1ccc(F)cc1Cl. The molecule has 192 valence electrons. The van der Waals surface area contributed by atoms with Crippen LogP contribution in [0, 0.1) is 5.82 Å². The number of ketones is 1. The molecule has 0 spiro atoms. The molecule has 3 atom stereocenters. The third-order valence-electron chi connectivity index (χ3n) is 6.35. The average Bonchev–Trinajstić information content (AvgIpc) is 3.38. The molecule has 3 heterocycles. The molecule has 2 aliphatic heterocycles. The maximum Gasteiger partial charge on any atom is 0.338 e. The maximum atomic E-state index is 13.8. The smallest absolute Gasteiger partial charge is 0.338 e. The number of ether oxygens (including phenoxy) is 2. The van der Waals surface area contributed by atoms with Gasteiger partial charge in [0.05, 0.1) is 25.4 Å². The van der Waals surface area contributed by atoms with Gasteiger partial charge in [-0.05, 0) is 32.4 Å². The van der Waals surface area contributed by atoms with E-state index in [-0.39, 0.29) is 28.5 Å². The first-order valence-corrected chi connectivity index (χ1v) is 12.9. The lowest BCUT2D eigenvalue weighted by Crippen LogP contribution is -2.52. The van der Waals surface area contributed by atoms with Gasteiger partial charge in [0.25, 0.3) is 0 Å². The molecule has 1 aromatic heterocycles. The number of hydrogen-bond acceptors (Lipinski definition) is 9. The lowest BCUT2D eigenvalue weighted by atomic mass is 9.94. The Labute approximate surface area is 218 Å². The minimum Gasteiger partial charge on any atom is -0.466 e. The molecule has 1 aromatic carbocycles. The van der Waals surface area contributed by atoms with Crippen LogP contribution < -0.4 is 5.32 Å². The van der Waals surface area contributed by atoms with E-state index in [2.05, 4.69) is 15.2 Å². The van der Waals surface area contributed by atoms with Crippen LogP contribution in [0.1, 0.15) is 43.3 Å². The number of morpholine rings is 1. The molecule has 1 saturated heterocycles. The van der Waals surface area contributed by atoms with Gasteiger partial charge >= 0.3 is 5.97 Å². The highest BCUT2D eigenvalue weighted by Crippen LogP contribution is 2.37. The van der Waals surface area contributed by atoms with Gasteiger partial charge in [-0.25, -0.2) is 14.2 Å². The summed E-state index contributed by atoms with van der Waals surface area (Å²) in [6.45, 7) is 5.08. The van der Waals surface area contributed by atoms with Gasteiger partial charge in [0.1, 0.15) is 17.6 Å². The number of aromatic nitrogens is 1. The van der Waals surface area contributed by atoms with Crippen LogP contribution >= 0.6 is 22.9 Å². The van der Waals surface area contributed by atoms with Crippen molar-refractivity contribution in [1.29, 1.82) is 0 Å². The van der Waals surface area contributed by atoms with Gasteiger partial charge in [-0.3, -0.25) is 9.89 Å². The van der Waals surface area contributed by atoms with E-state index in [9.17, 15) is 14.0 Å². The third-order valence-corrected chi connectivity index (χ3v) is 7.45. The van der Waals surface area contributed by atoms with Crippen LogP contribution in [-0.2, 0) is 19.1 Å². The molecule has 0 radical (unpaired) electrons. The van der Waals surface area contributed by atoms with Crippen LogP contribution in [0.3, 0.4) is 0 Å². The summed E-state index contributed by atoms with van der Waals surface area (Å²) in [4.78, 5) is 36.2. The van der Waals surface area contributed by atoms with Crippen molar-refractivity contribution < 1.29 is 23.5 Å². The number of thiazole rings is 1. The van der Waals surface area contributed by atoms with E-state index in [4.69, 9.17) is 26.1 Å². The van der Waals surface area contributed by atoms with Crippen molar-refractivity contribution in [3.8, 4) is 0 Å². The lowest BCUT2D eigenvalue weighted by Gasteiger charge is -2.41. The summed E-state index contributed by atoms with van der Waals surface area (Å²) < 4.78 is 24.9. The summed E-state index contributed by atoms with van der Waals surface area (Å²) in [5.74, 6) is -0.450. The van der Waals surface area contributed by atoms with Gasteiger partial charge in [0.15, 0.2) is 10.8 Å². The van der Waals surface area contributed by atoms with Crippen LogP contribution in [-0.4, -0.2) is 66.4 Å². The molecule has 8 nitrogen and oxygen atoms in total. The normalized spacial score (nSPS) is 22.7. The van der Waals surface area contributed by atoms with Crippen LogP contribution in [0.25, 0.3) is 0 Å². The summed E-state index contributed by atoms with van der Waals surface area (Å²) in [5.41, 5.74) is 1.36. The minimum absolute atomic E-state index is 0.0223. The van der Waals surface area contributed by atoms with Crippen LogP contribution in [0.15, 0.2) is 46.0 Å². The Morgan fingerprint density at radius 3 is 2.86 bits per heavy atom. The summed E-state index contributed by atoms with van der Waals surface area (Å²) in [6, 6.07) is 3.18. The van der Waals surface area contributed by atoms with Crippen molar-refractivity contribution in [2.45, 2.75) is 44.9 Å². The predicted molar refractivity (Wildman–Crippen MR) is 136 cm³/mol. The average molecular weight is 535 g/mol. The van der Waals surface area contributed by atoms with Crippen molar-refractivity contribution in [1.82, 2.24) is 15.2 Å². The Balaban J connectivity index is 1.78. The molecule has 11 heteroatoms. The number of methoxy groups -OCH3 is 1. The standard InChI is InChI=1S/C25H28ClFN4O4S/c1-14(32)4-7-20-15(2)35-10-9-31(20)13-19-21(25(33)34-3)22(17-6-5-16(27)12-18(17)26)30-23(29-19)24-28-8-11-36-24/h5-6,8,11-12,15,20,22H,4,7,9-10,13H2,1-3H3,(H,29,30)/t15-,20-,22+/m1/s1. The highest BCUT2D eigenvalue weighted by Gasteiger charge is 2.37. The number of carbonyl (C=O) groups excluding carboxylic acids is 2. The molecule has 0 aliphatic carbocycles. The Morgan fingerprint density at radius 1 is 1.39 bits per heavy atom. The summed E-state index contributed by atoms with van der Waals surface area (Å²) in [5, 5.41) is 5.94. The molecule has 2 aliphatic rings. The number of aliphatic imine (C=N–C) groups is 1. The number of rotatable bonds is 8. The molecule has 0 bridgehead atoms. The Morgan fingerprint density at radius 2 is 2.19 bits per heavy atom. The van der Waals surface area contributed by atoms with E-state index in [0.717, 1.165) is 0 Å². The third kappa shape index (κ3) is 5.83. The molecule has 1 N–H and O–H groups in total. The van der Waals surface area contributed by atoms with Crippen molar-refractivity contribution in [3.63, 3.8) is 0 Å². The first-order valence-electron chi connectivity index (χ1n) is 11.6. The lowest BCUT2D eigenvalue weighted by molar-refractivity contribution is -0.136. The first kappa shape index (κ1) is 26.4. The molecule has 36 heavy (non-hydrogen) atoms. The number of halogens is 2. The fourth-order valence-electron chi connectivity index (χ4n) is 4.57. The summed E-state index contributed by atoms with van der Waals surface area (Å²) in [6.07, 6.45) is 2.66. The fourth-order valence-corrected chi connectivity index (χ4v) is 5.42. The second kappa shape index (κ2) is 11.6. The zero-order valence-electron chi connectivity index (χ0n) is 20.3. The van der Waals surface area contributed by atoms with Crippen LogP contribution in [0.2, 0.25) is 5.02 Å². The number of nitrogens with zero attached hydrogens (tertiary/aromatic N) is 3. The van der Waals surface area contributed by atoms with E-state index in [1.54, 1.807) is 13.1 Å². The highest BCUT2D eigenvalue weighted by molar-refractivity contribution is 7.11. The molecule has 1 fully saturated rings. The monoisotopic (exact) mass is 534 g/mol. The van der Waals surface area contributed by atoms with E-state index in [0.29, 0.717) is 54.6 Å². The van der Waals surface area contributed by atoms with Crippen LogP contribution in [0.5, 0.6) is 0 Å². The van der Waals surface area contributed by atoms with Crippen molar-refractivity contribution >= 4 is 40.5 Å². The van der Waals surface area contributed by atoms with Crippen molar-refractivity contribution in [2.24, 2.45) is 4.99 Å². The van der Waals surface area contributed by atoms with Crippen molar-refractivity contribution in [3.05, 3.63) is 62.5 Å². The molecular weight excluding hydrogens is 507 g/mol. The quantitative estimate of drug-likeness (QED) is 0.513. The Kier molecular flexibility index (Phi) is 8.50. The second-order valence-corrected chi connectivity index (χ2v) is 10.0. The zero-order valence-corrected chi connectivity index (χ0v) is 21.9. The van der Waals surface area contributed by atoms with Gasteiger partial charge in [0, 0.05) is 53.4 Å². The van der Waals surface area contributed by atoms with Gasteiger partial charge in [-0.15, -0.1) is 11.3 Å². The predicted octanol–water partition coefficient (Wildman–Crippen LogP) is 3.91. The molecule has 0 amide bonds. The van der Waals surface area contributed by atoms with Gasteiger partial charge in [-0.2, -0.15) is 0 Å².